The summed E-state index contributed by atoms with van der Waals surface area (Å²) in [7, 11) is 1.60. The molecular weight excluding hydrogens is 456 g/mol. The van der Waals surface area contributed by atoms with Gasteiger partial charge in [-0.25, -0.2) is 9.78 Å². The highest BCUT2D eigenvalue weighted by Gasteiger charge is 2.41. The molecule has 10 heteroatoms. The summed E-state index contributed by atoms with van der Waals surface area (Å²) in [5.74, 6) is -0.615. The van der Waals surface area contributed by atoms with Crippen LogP contribution in [-0.2, 0) is 27.2 Å². The molecule has 9 nitrogen and oxygen atoms in total. The van der Waals surface area contributed by atoms with E-state index in [-0.39, 0.29) is 11.9 Å². The van der Waals surface area contributed by atoms with Crippen molar-refractivity contribution in [1.29, 1.82) is 0 Å². The predicted molar refractivity (Wildman–Crippen MR) is 129 cm³/mol. The van der Waals surface area contributed by atoms with Crippen LogP contribution in [0.3, 0.4) is 0 Å². The van der Waals surface area contributed by atoms with Crippen molar-refractivity contribution in [2.75, 3.05) is 51.9 Å². The Kier molecular flexibility index (Phi) is 8.15. The summed E-state index contributed by atoms with van der Waals surface area (Å²) in [5, 5.41) is 5.48. The number of carbonyl (C=O) groups excluding carboxylic acids is 2. The van der Waals surface area contributed by atoms with Crippen molar-refractivity contribution in [1.82, 2.24) is 14.8 Å². The fraction of sp³-hybridized carbons (Fsp3) is 0.542. The molecule has 2 aromatic rings. The van der Waals surface area contributed by atoms with Crippen molar-refractivity contribution in [3.05, 3.63) is 45.9 Å². The topological polar surface area (TPSA) is 93.2 Å². The number of urea groups is 1. The Hall–Kier alpha value is -2.53. The van der Waals surface area contributed by atoms with E-state index in [0.29, 0.717) is 69.5 Å². The maximum absolute atomic E-state index is 13.0. The van der Waals surface area contributed by atoms with Gasteiger partial charge in [0.15, 0.2) is 5.79 Å². The predicted octanol–water partition coefficient (Wildman–Crippen LogP) is 3.37. The van der Waals surface area contributed by atoms with Gasteiger partial charge in [0.05, 0.1) is 26.4 Å². The fourth-order valence-electron chi connectivity index (χ4n) is 4.24. The summed E-state index contributed by atoms with van der Waals surface area (Å²) in [6.45, 7) is 5.54. The Bertz CT molecular complexity index is 981. The number of thiazole rings is 1. The maximum atomic E-state index is 13.0. The first kappa shape index (κ1) is 24.6. The third kappa shape index (κ3) is 5.75. The average molecular weight is 489 g/mol. The minimum Gasteiger partial charge on any atom is -0.383 e. The molecule has 184 valence electrons. The number of piperidine rings is 1. The average Bonchev–Trinajstić information content (AvgIpc) is 3.52. The van der Waals surface area contributed by atoms with Gasteiger partial charge in [-0.05, 0) is 18.1 Å². The van der Waals surface area contributed by atoms with E-state index in [1.54, 1.807) is 22.3 Å². The number of aromatic nitrogens is 1. The maximum Gasteiger partial charge on any atom is 0.322 e. The molecule has 3 heterocycles. The highest BCUT2D eigenvalue weighted by molar-refractivity contribution is 7.09. The minimum atomic E-state index is -0.518. The second kappa shape index (κ2) is 11.3. The lowest BCUT2D eigenvalue weighted by Gasteiger charge is -2.37. The summed E-state index contributed by atoms with van der Waals surface area (Å²) >= 11 is 1.38. The zero-order valence-electron chi connectivity index (χ0n) is 19.7. The quantitative estimate of drug-likeness (QED) is 0.613. The van der Waals surface area contributed by atoms with Gasteiger partial charge >= 0.3 is 6.03 Å². The molecule has 2 fully saturated rings. The third-order valence-corrected chi connectivity index (χ3v) is 7.05. The number of amides is 3. The summed E-state index contributed by atoms with van der Waals surface area (Å²) in [4.78, 5) is 34.0. The van der Waals surface area contributed by atoms with E-state index in [2.05, 4.69) is 17.2 Å². The van der Waals surface area contributed by atoms with E-state index in [4.69, 9.17) is 14.2 Å². The molecule has 0 atom stereocenters. The second-order valence-corrected chi connectivity index (χ2v) is 9.32. The molecule has 0 saturated carbocycles. The number of nitrogens with zero attached hydrogens (tertiary/aromatic N) is 3. The molecular formula is C24H32N4O5S. The Morgan fingerprint density at radius 2 is 1.97 bits per heavy atom. The van der Waals surface area contributed by atoms with Crippen molar-refractivity contribution in [2.45, 2.75) is 38.5 Å². The largest absolute Gasteiger partial charge is 0.383 e. The summed E-state index contributed by atoms with van der Waals surface area (Å²) in [6.07, 6.45) is 2.15. The first-order chi connectivity index (χ1) is 16.5. The Morgan fingerprint density at radius 3 is 2.68 bits per heavy atom. The number of ether oxygens (including phenoxy) is 3. The number of para-hydroxylation sites is 1. The summed E-state index contributed by atoms with van der Waals surface area (Å²) in [5.41, 5.74) is 2.28. The number of anilines is 1. The van der Waals surface area contributed by atoms with Crippen LogP contribution >= 0.6 is 11.3 Å². The lowest BCUT2D eigenvalue weighted by Crippen LogP contribution is -2.47. The number of benzene rings is 1. The van der Waals surface area contributed by atoms with Gasteiger partial charge in [-0.2, -0.15) is 0 Å². The zero-order chi connectivity index (χ0) is 24.0. The number of methoxy groups -OCH3 is 1. The number of aryl methyl sites for hydroxylation is 1. The van der Waals surface area contributed by atoms with Crippen LogP contribution in [-0.4, -0.2) is 79.1 Å². The Morgan fingerprint density at radius 1 is 1.24 bits per heavy atom. The van der Waals surface area contributed by atoms with Gasteiger partial charge in [-0.1, -0.05) is 25.1 Å². The van der Waals surface area contributed by atoms with Crippen LogP contribution in [0.1, 0.15) is 40.8 Å². The molecule has 1 aromatic carbocycles. The van der Waals surface area contributed by atoms with Gasteiger partial charge in [-0.15, -0.1) is 11.3 Å². The molecule has 1 spiro atoms. The van der Waals surface area contributed by atoms with Crippen LogP contribution < -0.4 is 5.32 Å². The van der Waals surface area contributed by atoms with Gasteiger partial charge in [0, 0.05) is 50.7 Å². The first-order valence-corrected chi connectivity index (χ1v) is 12.6. The molecule has 2 aliphatic rings. The van der Waals surface area contributed by atoms with E-state index < -0.39 is 5.79 Å². The van der Waals surface area contributed by atoms with Gasteiger partial charge in [-0.3, -0.25) is 4.79 Å². The Labute approximate surface area is 204 Å². The van der Waals surface area contributed by atoms with Crippen LogP contribution in [0, 0.1) is 0 Å². The number of likely N-dealkylation sites (tertiary alicyclic amines) is 1. The van der Waals surface area contributed by atoms with Crippen molar-refractivity contribution < 1.29 is 23.8 Å². The van der Waals surface area contributed by atoms with Crippen molar-refractivity contribution in [3.63, 3.8) is 0 Å². The van der Waals surface area contributed by atoms with Crippen LogP contribution in [0.2, 0.25) is 0 Å². The summed E-state index contributed by atoms with van der Waals surface area (Å²) < 4.78 is 16.7. The minimum absolute atomic E-state index is 0.0971. The van der Waals surface area contributed by atoms with Crippen molar-refractivity contribution >= 4 is 29.0 Å². The number of hydrogen-bond donors (Lipinski definition) is 1. The fourth-order valence-corrected chi connectivity index (χ4v) is 5.02. The molecule has 3 amide bonds. The number of carbonyl (C=O) groups is 2. The van der Waals surface area contributed by atoms with Crippen LogP contribution in [0.25, 0.3) is 0 Å². The SMILES string of the molecule is CCc1ccccc1NC(=O)N(CCOC)Cc1nc(C(=O)N2CCC3(CC2)OCCO3)cs1. The summed E-state index contributed by atoms with van der Waals surface area (Å²) in [6, 6.07) is 7.54. The van der Waals surface area contributed by atoms with Crippen LogP contribution in [0.5, 0.6) is 0 Å². The van der Waals surface area contributed by atoms with E-state index in [1.807, 2.05) is 24.3 Å². The Balaban J connectivity index is 1.38. The number of hydrogen-bond acceptors (Lipinski definition) is 7. The van der Waals surface area contributed by atoms with Crippen molar-refractivity contribution in [3.8, 4) is 0 Å². The molecule has 2 aliphatic heterocycles. The zero-order valence-corrected chi connectivity index (χ0v) is 20.6. The van der Waals surface area contributed by atoms with E-state index in [0.717, 1.165) is 17.7 Å². The van der Waals surface area contributed by atoms with Gasteiger partial charge in [0.1, 0.15) is 10.7 Å². The lowest BCUT2D eigenvalue weighted by atomic mass is 10.0. The first-order valence-electron chi connectivity index (χ1n) is 11.7. The molecule has 2 saturated heterocycles. The van der Waals surface area contributed by atoms with E-state index in [1.165, 1.54) is 11.3 Å². The monoisotopic (exact) mass is 488 g/mol. The van der Waals surface area contributed by atoms with E-state index in [9.17, 15) is 9.59 Å². The molecule has 1 N–H and O–H groups in total. The number of nitrogens with one attached hydrogen (secondary N) is 1. The molecule has 1 aromatic heterocycles. The van der Waals surface area contributed by atoms with Crippen LogP contribution in [0.15, 0.2) is 29.6 Å². The normalized spacial score (nSPS) is 17.2. The van der Waals surface area contributed by atoms with Crippen LogP contribution in [0.4, 0.5) is 10.5 Å². The highest BCUT2D eigenvalue weighted by Crippen LogP contribution is 2.31. The lowest BCUT2D eigenvalue weighted by molar-refractivity contribution is -0.181. The molecule has 4 rings (SSSR count). The van der Waals surface area contributed by atoms with Gasteiger partial charge in [0.25, 0.3) is 5.91 Å². The van der Waals surface area contributed by atoms with Gasteiger partial charge in [0.2, 0.25) is 0 Å². The molecule has 34 heavy (non-hydrogen) atoms. The number of rotatable bonds is 8. The van der Waals surface area contributed by atoms with E-state index >= 15 is 0 Å². The third-order valence-electron chi connectivity index (χ3n) is 6.22. The molecule has 0 radical (unpaired) electrons. The molecule has 0 bridgehead atoms. The smallest absolute Gasteiger partial charge is 0.322 e. The standard InChI is InChI=1S/C24H32N4O5S/c1-3-18-6-4-5-7-19(18)26-23(30)28(12-13-31-2)16-21-25-20(17-34-21)22(29)27-10-8-24(9-11-27)32-14-15-33-24/h4-7,17H,3,8-16H2,1-2H3,(H,26,30). The second-order valence-electron chi connectivity index (χ2n) is 8.38. The van der Waals surface area contributed by atoms with Gasteiger partial charge < -0.3 is 29.3 Å². The molecule has 0 aliphatic carbocycles. The van der Waals surface area contributed by atoms with Crippen molar-refractivity contribution in [2.24, 2.45) is 0 Å². The highest BCUT2D eigenvalue weighted by atomic mass is 32.1. The molecule has 0 unspecified atom stereocenters.